The van der Waals surface area contributed by atoms with Gasteiger partial charge in [-0.05, 0) is 49.7 Å². The summed E-state index contributed by atoms with van der Waals surface area (Å²) in [5, 5.41) is 10.3. The summed E-state index contributed by atoms with van der Waals surface area (Å²) in [6, 6.07) is 13.1. The topological polar surface area (TPSA) is 96.4 Å². The third-order valence-corrected chi connectivity index (χ3v) is 5.42. The number of aromatic carboxylic acids is 1. The standard InChI is InChI=1S/C19H18N2O4S/c1-12(2)21-26(24,25)17-9-14(8-15(10-17)19(22)23)16-7-13-5-3-4-6-18(13)20-11-16/h3-12,21H,1-2H3,(H,22,23). The molecule has 0 aliphatic rings. The first-order valence-corrected chi connectivity index (χ1v) is 9.50. The number of rotatable bonds is 5. The van der Waals surface area contributed by atoms with Crippen molar-refractivity contribution in [3.63, 3.8) is 0 Å². The smallest absolute Gasteiger partial charge is 0.335 e. The molecule has 0 aliphatic heterocycles. The predicted octanol–water partition coefficient (Wildman–Crippen LogP) is 3.29. The second-order valence-corrected chi connectivity index (χ2v) is 7.96. The Morgan fingerprint density at radius 1 is 1.08 bits per heavy atom. The molecule has 3 rings (SSSR count). The maximum atomic E-state index is 12.5. The van der Waals surface area contributed by atoms with Crippen LogP contribution in [0.2, 0.25) is 0 Å². The molecule has 0 saturated heterocycles. The molecular weight excluding hydrogens is 352 g/mol. The Morgan fingerprint density at radius 2 is 1.81 bits per heavy atom. The van der Waals surface area contributed by atoms with E-state index in [1.54, 1.807) is 20.0 Å². The van der Waals surface area contributed by atoms with Crippen molar-refractivity contribution in [2.75, 3.05) is 0 Å². The van der Waals surface area contributed by atoms with Crippen molar-refractivity contribution >= 4 is 26.9 Å². The highest BCUT2D eigenvalue weighted by Gasteiger charge is 2.19. The fraction of sp³-hybridized carbons (Fsp3) is 0.158. The highest BCUT2D eigenvalue weighted by molar-refractivity contribution is 7.89. The van der Waals surface area contributed by atoms with Crippen LogP contribution in [0.25, 0.3) is 22.0 Å². The Morgan fingerprint density at radius 3 is 2.50 bits per heavy atom. The van der Waals surface area contributed by atoms with E-state index in [-0.39, 0.29) is 16.5 Å². The molecule has 2 N–H and O–H groups in total. The Balaban J connectivity index is 2.18. The number of benzene rings is 2. The van der Waals surface area contributed by atoms with Crippen molar-refractivity contribution < 1.29 is 18.3 Å². The van der Waals surface area contributed by atoms with Gasteiger partial charge in [0.15, 0.2) is 0 Å². The molecule has 0 bridgehead atoms. The van der Waals surface area contributed by atoms with Gasteiger partial charge in [0.2, 0.25) is 10.0 Å². The van der Waals surface area contributed by atoms with Gasteiger partial charge in [0, 0.05) is 23.2 Å². The van der Waals surface area contributed by atoms with Gasteiger partial charge in [0.1, 0.15) is 0 Å². The molecule has 7 heteroatoms. The minimum Gasteiger partial charge on any atom is -0.478 e. The van der Waals surface area contributed by atoms with E-state index in [0.29, 0.717) is 11.1 Å². The molecule has 1 aromatic heterocycles. The summed E-state index contributed by atoms with van der Waals surface area (Å²) >= 11 is 0. The maximum absolute atomic E-state index is 12.5. The lowest BCUT2D eigenvalue weighted by Crippen LogP contribution is -2.30. The molecule has 1 heterocycles. The van der Waals surface area contributed by atoms with Gasteiger partial charge in [0.25, 0.3) is 0 Å². The highest BCUT2D eigenvalue weighted by atomic mass is 32.2. The van der Waals surface area contributed by atoms with E-state index in [1.165, 1.54) is 12.1 Å². The van der Waals surface area contributed by atoms with Crippen molar-refractivity contribution in [1.82, 2.24) is 9.71 Å². The Hall–Kier alpha value is -2.77. The monoisotopic (exact) mass is 370 g/mol. The Kier molecular flexibility index (Phi) is 4.76. The van der Waals surface area contributed by atoms with Crippen molar-refractivity contribution in [3.8, 4) is 11.1 Å². The molecule has 0 spiro atoms. The summed E-state index contributed by atoms with van der Waals surface area (Å²) in [5.74, 6) is -1.19. The fourth-order valence-electron chi connectivity index (χ4n) is 2.65. The molecule has 0 saturated carbocycles. The van der Waals surface area contributed by atoms with Gasteiger partial charge in [-0.25, -0.2) is 17.9 Å². The first-order chi connectivity index (χ1) is 12.3. The van der Waals surface area contributed by atoms with Crippen LogP contribution in [0.5, 0.6) is 0 Å². The second-order valence-electron chi connectivity index (χ2n) is 6.24. The van der Waals surface area contributed by atoms with Gasteiger partial charge in [-0.3, -0.25) is 4.98 Å². The zero-order valence-corrected chi connectivity index (χ0v) is 15.1. The van der Waals surface area contributed by atoms with Gasteiger partial charge in [-0.1, -0.05) is 18.2 Å². The molecule has 0 amide bonds. The average Bonchev–Trinajstić information content (AvgIpc) is 2.59. The molecular formula is C19H18N2O4S. The van der Waals surface area contributed by atoms with Gasteiger partial charge < -0.3 is 5.11 Å². The predicted molar refractivity (Wildman–Crippen MR) is 99.6 cm³/mol. The lowest BCUT2D eigenvalue weighted by Gasteiger charge is -2.12. The summed E-state index contributed by atoms with van der Waals surface area (Å²) in [4.78, 5) is 15.7. The third kappa shape index (κ3) is 3.74. The number of carbonyl (C=O) groups is 1. The van der Waals surface area contributed by atoms with Crippen molar-refractivity contribution in [2.45, 2.75) is 24.8 Å². The zero-order chi connectivity index (χ0) is 18.9. The van der Waals surface area contributed by atoms with E-state index < -0.39 is 16.0 Å². The van der Waals surface area contributed by atoms with E-state index >= 15 is 0 Å². The molecule has 0 unspecified atom stereocenters. The number of para-hydroxylation sites is 1. The van der Waals surface area contributed by atoms with E-state index in [1.807, 2.05) is 30.3 Å². The third-order valence-electron chi connectivity index (χ3n) is 3.78. The molecule has 0 radical (unpaired) electrons. The first kappa shape index (κ1) is 18.0. The SMILES string of the molecule is CC(C)NS(=O)(=O)c1cc(C(=O)O)cc(-c2cnc3ccccc3c2)c1. The van der Waals surface area contributed by atoms with Crippen LogP contribution in [-0.2, 0) is 10.0 Å². The number of hydrogen-bond acceptors (Lipinski definition) is 4. The van der Waals surface area contributed by atoms with Gasteiger partial charge in [-0.2, -0.15) is 0 Å². The van der Waals surface area contributed by atoms with E-state index in [4.69, 9.17) is 0 Å². The van der Waals surface area contributed by atoms with Gasteiger partial charge in [-0.15, -0.1) is 0 Å². The highest BCUT2D eigenvalue weighted by Crippen LogP contribution is 2.27. The molecule has 3 aromatic rings. The number of carboxylic acid groups (broad SMARTS) is 1. The van der Waals surface area contributed by atoms with Gasteiger partial charge in [0.05, 0.1) is 16.0 Å². The lowest BCUT2D eigenvalue weighted by atomic mass is 10.0. The largest absolute Gasteiger partial charge is 0.478 e. The quantitative estimate of drug-likeness (QED) is 0.718. The van der Waals surface area contributed by atoms with Crippen LogP contribution in [0.3, 0.4) is 0 Å². The summed E-state index contributed by atoms with van der Waals surface area (Å²) in [6.07, 6.45) is 1.61. The van der Waals surface area contributed by atoms with E-state index in [2.05, 4.69) is 9.71 Å². The molecule has 134 valence electrons. The van der Waals surface area contributed by atoms with E-state index in [0.717, 1.165) is 17.0 Å². The summed E-state index contributed by atoms with van der Waals surface area (Å²) in [6.45, 7) is 3.40. The summed E-state index contributed by atoms with van der Waals surface area (Å²) < 4.78 is 27.5. The van der Waals surface area contributed by atoms with Crippen LogP contribution in [0.15, 0.2) is 59.6 Å². The number of aromatic nitrogens is 1. The number of nitrogens with one attached hydrogen (secondary N) is 1. The molecule has 0 fully saturated rings. The maximum Gasteiger partial charge on any atom is 0.335 e. The van der Waals surface area contributed by atoms with Crippen LogP contribution in [0.1, 0.15) is 24.2 Å². The number of sulfonamides is 1. The lowest BCUT2D eigenvalue weighted by molar-refractivity contribution is 0.0696. The molecule has 26 heavy (non-hydrogen) atoms. The first-order valence-electron chi connectivity index (χ1n) is 8.02. The number of fused-ring (bicyclic) bond motifs is 1. The second kappa shape index (κ2) is 6.86. The van der Waals surface area contributed by atoms with Crippen LogP contribution in [0.4, 0.5) is 0 Å². The van der Waals surface area contributed by atoms with E-state index in [9.17, 15) is 18.3 Å². The Labute approximate surface area is 151 Å². The average molecular weight is 370 g/mol. The number of carboxylic acids is 1. The number of nitrogens with zero attached hydrogens (tertiary/aromatic N) is 1. The zero-order valence-electron chi connectivity index (χ0n) is 14.3. The molecule has 0 atom stereocenters. The summed E-state index contributed by atoms with van der Waals surface area (Å²) in [5.41, 5.74) is 1.83. The molecule has 6 nitrogen and oxygen atoms in total. The van der Waals surface area contributed by atoms with Crippen LogP contribution in [-0.4, -0.2) is 30.5 Å². The fourth-order valence-corrected chi connectivity index (χ4v) is 3.97. The Bertz CT molecular complexity index is 1090. The molecule has 2 aromatic carbocycles. The minimum atomic E-state index is -3.82. The van der Waals surface area contributed by atoms with Crippen LogP contribution in [0, 0.1) is 0 Å². The van der Waals surface area contributed by atoms with Crippen LogP contribution >= 0.6 is 0 Å². The van der Waals surface area contributed by atoms with Gasteiger partial charge >= 0.3 is 5.97 Å². The van der Waals surface area contributed by atoms with Crippen molar-refractivity contribution in [2.24, 2.45) is 0 Å². The van der Waals surface area contributed by atoms with Crippen molar-refractivity contribution in [3.05, 3.63) is 60.3 Å². The van der Waals surface area contributed by atoms with Crippen molar-refractivity contribution in [1.29, 1.82) is 0 Å². The summed E-state index contributed by atoms with van der Waals surface area (Å²) in [7, 11) is -3.82. The number of pyridine rings is 1. The normalized spacial score (nSPS) is 11.8. The molecule has 0 aliphatic carbocycles. The van der Waals surface area contributed by atoms with Crippen LogP contribution < -0.4 is 4.72 Å². The minimum absolute atomic E-state index is 0.0886. The number of hydrogen-bond donors (Lipinski definition) is 2.